The molecule has 0 atom stereocenters. The maximum atomic E-state index is 12.6. The number of rotatable bonds is 4. The first-order valence-corrected chi connectivity index (χ1v) is 5.16. The molecule has 0 spiro atoms. The summed E-state index contributed by atoms with van der Waals surface area (Å²) in [6.45, 7) is 0.704. The summed E-state index contributed by atoms with van der Waals surface area (Å²) >= 11 is 0. The number of aromatic hydroxyl groups is 1. The second-order valence-corrected chi connectivity index (χ2v) is 3.56. The molecule has 0 fully saturated rings. The first-order valence-electron chi connectivity index (χ1n) is 5.16. The quantitative estimate of drug-likeness (QED) is 0.799. The van der Waals surface area contributed by atoms with Gasteiger partial charge < -0.3 is 10.4 Å². The lowest BCUT2D eigenvalue weighted by Crippen LogP contribution is -2.07. The lowest BCUT2D eigenvalue weighted by atomic mass is 10.1. The van der Waals surface area contributed by atoms with Gasteiger partial charge in [0, 0.05) is 0 Å². The van der Waals surface area contributed by atoms with Crippen LogP contribution in [0.25, 0.3) is 6.08 Å². The first-order chi connectivity index (χ1) is 7.95. The summed E-state index contributed by atoms with van der Waals surface area (Å²) in [7, 11) is 1.77. The van der Waals surface area contributed by atoms with Gasteiger partial charge in [0.2, 0.25) is 0 Å². The molecule has 2 nitrogen and oxygen atoms in total. The first kappa shape index (κ1) is 13.6. The summed E-state index contributed by atoms with van der Waals surface area (Å²) in [4.78, 5) is 0. The molecule has 1 aromatic rings. The number of phenolic OH excluding ortho intramolecular Hbond substituents is 1. The van der Waals surface area contributed by atoms with Crippen molar-refractivity contribution < 1.29 is 18.3 Å². The fourth-order valence-electron chi connectivity index (χ4n) is 1.37. The van der Waals surface area contributed by atoms with Gasteiger partial charge in [-0.1, -0.05) is 18.2 Å². The molecule has 0 aliphatic carbocycles. The summed E-state index contributed by atoms with van der Waals surface area (Å²) in [5.74, 6) is -0.385. The molecule has 0 saturated heterocycles. The van der Waals surface area contributed by atoms with E-state index in [4.69, 9.17) is 5.11 Å². The zero-order valence-electron chi connectivity index (χ0n) is 9.38. The van der Waals surface area contributed by atoms with Crippen LogP contribution in [0.4, 0.5) is 13.2 Å². The van der Waals surface area contributed by atoms with Crippen molar-refractivity contribution in [3.8, 4) is 5.75 Å². The molecule has 0 saturated carbocycles. The molecular formula is C12H14F3NO. The van der Waals surface area contributed by atoms with Crippen molar-refractivity contribution in [2.24, 2.45) is 0 Å². The second-order valence-electron chi connectivity index (χ2n) is 3.56. The van der Waals surface area contributed by atoms with Gasteiger partial charge in [-0.3, -0.25) is 0 Å². The number of benzene rings is 1. The highest BCUT2D eigenvalue weighted by atomic mass is 19.4. The van der Waals surface area contributed by atoms with Gasteiger partial charge in [0.15, 0.2) is 0 Å². The molecule has 0 radical (unpaired) electrons. The minimum absolute atomic E-state index is 0.0615. The van der Waals surface area contributed by atoms with E-state index in [2.05, 4.69) is 5.32 Å². The molecular weight excluding hydrogens is 231 g/mol. The number of hydrogen-bond donors (Lipinski definition) is 2. The van der Waals surface area contributed by atoms with E-state index in [1.54, 1.807) is 13.1 Å². The van der Waals surface area contributed by atoms with E-state index in [0.29, 0.717) is 13.0 Å². The molecule has 0 aromatic heterocycles. The van der Waals surface area contributed by atoms with Crippen LogP contribution < -0.4 is 5.32 Å². The third-order valence-corrected chi connectivity index (χ3v) is 2.20. The fraction of sp³-hybridized carbons (Fsp3) is 0.333. The predicted octanol–water partition coefficient (Wildman–Crippen LogP) is 3.03. The van der Waals surface area contributed by atoms with Crippen LogP contribution in [0, 0.1) is 0 Å². The highest BCUT2D eigenvalue weighted by Gasteiger charge is 2.33. The van der Waals surface area contributed by atoms with Gasteiger partial charge in [-0.2, -0.15) is 13.2 Å². The number of halogens is 3. The largest absolute Gasteiger partial charge is 0.508 e. The molecule has 0 amide bonds. The molecule has 0 aliphatic heterocycles. The van der Waals surface area contributed by atoms with Crippen molar-refractivity contribution in [3.63, 3.8) is 0 Å². The molecule has 0 heterocycles. The Morgan fingerprint density at radius 1 is 1.35 bits per heavy atom. The molecule has 0 bridgehead atoms. The summed E-state index contributed by atoms with van der Waals surface area (Å²) in [5, 5.41) is 12.0. The van der Waals surface area contributed by atoms with E-state index in [9.17, 15) is 13.2 Å². The third kappa shape index (κ3) is 4.11. The van der Waals surface area contributed by atoms with Crippen LogP contribution in [0.15, 0.2) is 24.3 Å². The molecule has 0 aliphatic rings. The summed E-state index contributed by atoms with van der Waals surface area (Å²) in [6.07, 6.45) is -0.728. The average Bonchev–Trinajstić information content (AvgIpc) is 2.25. The summed E-state index contributed by atoms with van der Waals surface area (Å²) in [5.41, 5.74) is -0.760. The maximum absolute atomic E-state index is 12.6. The molecule has 94 valence electrons. The highest BCUT2D eigenvalue weighted by molar-refractivity contribution is 5.56. The van der Waals surface area contributed by atoms with Gasteiger partial charge in [-0.05, 0) is 37.7 Å². The smallest absolute Gasteiger partial charge is 0.417 e. The van der Waals surface area contributed by atoms with Crippen molar-refractivity contribution in [1.82, 2.24) is 5.32 Å². The summed E-state index contributed by atoms with van der Waals surface area (Å²) < 4.78 is 37.9. The highest BCUT2D eigenvalue weighted by Crippen LogP contribution is 2.34. The van der Waals surface area contributed by atoms with Gasteiger partial charge in [-0.15, -0.1) is 0 Å². The fourth-order valence-corrected chi connectivity index (χ4v) is 1.37. The average molecular weight is 245 g/mol. The third-order valence-electron chi connectivity index (χ3n) is 2.20. The predicted molar refractivity (Wildman–Crippen MR) is 60.7 cm³/mol. The van der Waals surface area contributed by atoms with E-state index in [0.717, 1.165) is 6.07 Å². The van der Waals surface area contributed by atoms with Crippen molar-refractivity contribution in [2.75, 3.05) is 13.6 Å². The van der Waals surface area contributed by atoms with Gasteiger partial charge in [0.25, 0.3) is 0 Å². The van der Waals surface area contributed by atoms with Crippen LogP contribution in [0.1, 0.15) is 17.5 Å². The van der Waals surface area contributed by atoms with Crippen LogP contribution in [-0.2, 0) is 6.18 Å². The monoisotopic (exact) mass is 245 g/mol. The molecule has 17 heavy (non-hydrogen) atoms. The number of alkyl halides is 3. The van der Waals surface area contributed by atoms with E-state index in [1.807, 2.05) is 0 Å². The Kier molecular flexibility index (Phi) is 4.57. The second kappa shape index (κ2) is 5.72. The Hall–Kier alpha value is -1.49. The Morgan fingerprint density at radius 3 is 2.65 bits per heavy atom. The Morgan fingerprint density at radius 2 is 2.06 bits per heavy atom. The van der Waals surface area contributed by atoms with Gasteiger partial charge >= 0.3 is 6.18 Å². The van der Waals surface area contributed by atoms with Gasteiger partial charge in [0.1, 0.15) is 5.75 Å². The van der Waals surface area contributed by atoms with Crippen LogP contribution in [0.5, 0.6) is 5.75 Å². The van der Waals surface area contributed by atoms with E-state index >= 15 is 0 Å². The molecule has 1 aromatic carbocycles. The Bertz CT molecular complexity index is 399. The zero-order chi connectivity index (χ0) is 12.9. The minimum Gasteiger partial charge on any atom is -0.508 e. The van der Waals surface area contributed by atoms with Crippen molar-refractivity contribution >= 4 is 6.08 Å². The maximum Gasteiger partial charge on any atom is 0.417 e. The lowest BCUT2D eigenvalue weighted by molar-refractivity contribution is -0.137. The van der Waals surface area contributed by atoms with Crippen LogP contribution >= 0.6 is 0 Å². The van der Waals surface area contributed by atoms with E-state index in [-0.39, 0.29) is 11.3 Å². The molecule has 5 heteroatoms. The molecule has 1 rings (SSSR count). The van der Waals surface area contributed by atoms with E-state index < -0.39 is 11.7 Å². The SMILES string of the molecule is CNCCC=Cc1ccc(O)cc1C(F)(F)F. The Balaban J connectivity index is 2.95. The van der Waals surface area contributed by atoms with Crippen molar-refractivity contribution in [1.29, 1.82) is 0 Å². The van der Waals surface area contributed by atoms with Crippen molar-refractivity contribution in [2.45, 2.75) is 12.6 Å². The zero-order valence-corrected chi connectivity index (χ0v) is 9.38. The van der Waals surface area contributed by atoms with Crippen LogP contribution in [0.2, 0.25) is 0 Å². The minimum atomic E-state index is -4.46. The standard InChI is InChI=1S/C12H14F3NO/c1-16-7-3-2-4-9-5-6-10(17)8-11(9)12(13,14)15/h2,4-6,8,16-17H,3,7H2,1H3. The van der Waals surface area contributed by atoms with Crippen molar-refractivity contribution in [3.05, 3.63) is 35.4 Å². The Labute approximate surface area is 97.8 Å². The molecule has 2 N–H and O–H groups in total. The number of nitrogens with one attached hydrogen (secondary N) is 1. The number of phenols is 1. The van der Waals surface area contributed by atoms with Gasteiger partial charge in [-0.25, -0.2) is 0 Å². The normalized spacial score (nSPS) is 12.2. The van der Waals surface area contributed by atoms with Gasteiger partial charge in [0.05, 0.1) is 5.56 Å². The molecule has 0 unspecified atom stereocenters. The lowest BCUT2D eigenvalue weighted by Gasteiger charge is -2.10. The van der Waals surface area contributed by atoms with Crippen LogP contribution in [0.3, 0.4) is 0 Å². The summed E-state index contributed by atoms with van der Waals surface area (Å²) in [6, 6.07) is 3.23. The van der Waals surface area contributed by atoms with Crippen LogP contribution in [-0.4, -0.2) is 18.7 Å². The number of hydrogen-bond acceptors (Lipinski definition) is 2. The topological polar surface area (TPSA) is 32.3 Å². The van der Waals surface area contributed by atoms with E-state index in [1.165, 1.54) is 18.2 Å².